The van der Waals surface area contributed by atoms with Crippen LogP contribution in [0.1, 0.15) is 5.56 Å². The first-order valence-electron chi connectivity index (χ1n) is 5.47. The molecule has 0 bridgehead atoms. The second-order valence-corrected chi connectivity index (χ2v) is 4.33. The Hall–Kier alpha value is -2.01. The maximum atomic E-state index is 11.6. The van der Waals surface area contributed by atoms with Gasteiger partial charge in [-0.3, -0.25) is 4.79 Å². The van der Waals surface area contributed by atoms with E-state index in [-0.39, 0.29) is 11.6 Å². The number of ether oxygens (including phenoxy) is 1. The maximum absolute atomic E-state index is 11.6. The van der Waals surface area contributed by atoms with Crippen LogP contribution in [0.15, 0.2) is 40.8 Å². The highest BCUT2D eigenvalue weighted by atomic mass is 35.5. The Labute approximate surface area is 108 Å². The van der Waals surface area contributed by atoms with Gasteiger partial charge in [-0.1, -0.05) is 23.7 Å². The van der Waals surface area contributed by atoms with Gasteiger partial charge < -0.3 is 15.4 Å². The van der Waals surface area contributed by atoms with Crippen LogP contribution in [0.2, 0.25) is 5.02 Å². The Balaban J connectivity index is 1.97. The van der Waals surface area contributed by atoms with E-state index in [1.165, 1.54) is 0 Å². The van der Waals surface area contributed by atoms with Crippen molar-refractivity contribution in [2.45, 2.75) is 0 Å². The number of hydrogen-bond acceptors (Lipinski definition) is 4. The Bertz CT molecular complexity index is 563. The molecule has 1 aromatic carbocycles. The van der Waals surface area contributed by atoms with Crippen LogP contribution in [-0.2, 0) is 9.53 Å². The third-order valence-electron chi connectivity index (χ3n) is 2.71. The number of nitrogens with one attached hydrogen (secondary N) is 2. The van der Waals surface area contributed by atoms with Gasteiger partial charge in [0.25, 0.3) is 5.91 Å². The normalized spacial score (nSPS) is 18.3. The smallest absolute Gasteiger partial charge is 0.276 e. The van der Waals surface area contributed by atoms with Crippen LogP contribution in [0.3, 0.4) is 0 Å². The monoisotopic (exact) mass is 263 g/mol. The number of amides is 1. The van der Waals surface area contributed by atoms with Gasteiger partial charge in [-0.05, 0) is 17.7 Å². The Morgan fingerprint density at radius 1 is 1.22 bits per heavy atom. The summed E-state index contributed by atoms with van der Waals surface area (Å²) in [7, 11) is 0. The second kappa shape index (κ2) is 4.34. The highest BCUT2D eigenvalue weighted by Gasteiger charge is 2.25. The minimum Gasteiger partial charge on any atom is -0.471 e. The molecule has 92 valence electrons. The van der Waals surface area contributed by atoms with Crippen molar-refractivity contribution < 1.29 is 9.53 Å². The number of rotatable bonds is 1. The van der Waals surface area contributed by atoms with E-state index >= 15 is 0 Å². The van der Waals surface area contributed by atoms with Crippen LogP contribution in [0.4, 0.5) is 0 Å². The molecule has 0 fully saturated rings. The summed E-state index contributed by atoms with van der Waals surface area (Å²) in [5, 5.41) is 6.24. The first kappa shape index (κ1) is 11.1. The van der Waals surface area contributed by atoms with Crippen LogP contribution in [-0.4, -0.2) is 24.9 Å². The van der Waals surface area contributed by atoms with Crippen molar-refractivity contribution in [1.29, 1.82) is 0 Å². The van der Waals surface area contributed by atoms with Crippen LogP contribution >= 0.6 is 11.6 Å². The predicted octanol–water partition coefficient (Wildman–Crippen LogP) is 1.01. The molecule has 0 saturated carbocycles. The number of benzene rings is 1. The van der Waals surface area contributed by atoms with Gasteiger partial charge >= 0.3 is 0 Å². The van der Waals surface area contributed by atoms with Crippen molar-refractivity contribution in [3.05, 3.63) is 46.4 Å². The first-order valence-corrected chi connectivity index (χ1v) is 5.84. The molecule has 5 nitrogen and oxygen atoms in total. The highest BCUT2D eigenvalue weighted by Crippen LogP contribution is 2.18. The number of carbonyl (C=O) groups is 1. The van der Waals surface area contributed by atoms with Crippen molar-refractivity contribution in [1.82, 2.24) is 10.6 Å². The quantitative estimate of drug-likeness (QED) is 0.795. The third-order valence-corrected chi connectivity index (χ3v) is 2.96. The summed E-state index contributed by atoms with van der Waals surface area (Å²) in [6.45, 7) is 0.699. The lowest BCUT2D eigenvalue weighted by Gasteiger charge is -2.24. The summed E-state index contributed by atoms with van der Waals surface area (Å²) in [6, 6.07) is 7.26. The van der Waals surface area contributed by atoms with E-state index in [0.717, 1.165) is 5.56 Å². The van der Waals surface area contributed by atoms with E-state index < -0.39 is 0 Å². The van der Waals surface area contributed by atoms with Crippen LogP contribution in [0.25, 0.3) is 0 Å². The fourth-order valence-electron chi connectivity index (χ4n) is 1.79. The fraction of sp³-hybridized carbons (Fsp3) is 0.167. The average Bonchev–Trinajstić information content (AvgIpc) is 2.40. The van der Waals surface area contributed by atoms with E-state index in [9.17, 15) is 4.79 Å². The summed E-state index contributed by atoms with van der Waals surface area (Å²) in [5.74, 6) is 0.214. The number of hydrogen-bond donors (Lipinski definition) is 2. The van der Waals surface area contributed by atoms with Gasteiger partial charge in [-0.15, -0.1) is 0 Å². The number of halogens is 1. The zero-order valence-electron chi connectivity index (χ0n) is 9.37. The Morgan fingerprint density at radius 3 is 2.78 bits per heavy atom. The van der Waals surface area contributed by atoms with Crippen molar-refractivity contribution in [3.8, 4) is 0 Å². The average molecular weight is 264 g/mol. The van der Waals surface area contributed by atoms with Crippen molar-refractivity contribution in [3.63, 3.8) is 0 Å². The van der Waals surface area contributed by atoms with Gasteiger partial charge in [0.15, 0.2) is 5.70 Å². The molecule has 1 amide bonds. The molecular weight excluding hydrogens is 254 g/mol. The lowest BCUT2D eigenvalue weighted by atomic mass is 10.1. The Morgan fingerprint density at radius 2 is 2.00 bits per heavy atom. The van der Waals surface area contributed by atoms with Crippen LogP contribution in [0.5, 0.6) is 0 Å². The zero-order chi connectivity index (χ0) is 12.5. The van der Waals surface area contributed by atoms with Crippen LogP contribution < -0.4 is 10.6 Å². The molecule has 0 saturated heterocycles. The largest absolute Gasteiger partial charge is 0.471 e. The summed E-state index contributed by atoms with van der Waals surface area (Å²) >= 11 is 5.83. The fourth-order valence-corrected chi connectivity index (χ4v) is 1.92. The minimum atomic E-state index is -0.227. The van der Waals surface area contributed by atoms with E-state index in [4.69, 9.17) is 16.3 Å². The summed E-state index contributed by atoms with van der Waals surface area (Å²) < 4.78 is 5.49. The van der Waals surface area contributed by atoms with Crippen molar-refractivity contribution in [2.24, 2.45) is 4.99 Å². The topological polar surface area (TPSA) is 62.7 Å². The first-order chi connectivity index (χ1) is 8.74. The second-order valence-electron chi connectivity index (χ2n) is 3.89. The van der Waals surface area contributed by atoms with E-state index in [1.807, 2.05) is 12.1 Å². The molecule has 6 heteroatoms. The van der Waals surface area contributed by atoms with E-state index in [0.29, 0.717) is 29.9 Å². The number of carbonyl (C=O) groups excluding carboxylic acids is 1. The molecule has 0 aromatic heterocycles. The SMILES string of the molecule is O=C1NCNC2=C1N=C(c1ccc(Cl)cc1)CO2. The summed E-state index contributed by atoms with van der Waals surface area (Å²) in [4.78, 5) is 16.0. The van der Waals surface area contributed by atoms with Gasteiger partial charge in [0.1, 0.15) is 6.61 Å². The zero-order valence-corrected chi connectivity index (χ0v) is 10.1. The molecule has 2 N–H and O–H groups in total. The molecule has 0 radical (unpaired) electrons. The molecule has 18 heavy (non-hydrogen) atoms. The van der Waals surface area contributed by atoms with E-state index in [2.05, 4.69) is 15.6 Å². The predicted molar refractivity (Wildman–Crippen MR) is 67.1 cm³/mol. The lowest BCUT2D eigenvalue weighted by molar-refractivity contribution is -0.118. The highest BCUT2D eigenvalue weighted by molar-refractivity contribution is 6.30. The van der Waals surface area contributed by atoms with Gasteiger partial charge in [0.05, 0.1) is 12.4 Å². The van der Waals surface area contributed by atoms with Gasteiger partial charge in [-0.2, -0.15) is 0 Å². The molecule has 3 rings (SSSR count). The molecule has 2 heterocycles. The standard InChI is InChI=1S/C12H10ClN3O2/c13-8-3-1-7(2-4-8)9-5-18-12-10(16-9)11(17)14-6-15-12/h1-4,15H,5-6H2,(H,14,17). The third kappa shape index (κ3) is 1.93. The molecule has 0 atom stereocenters. The number of aliphatic imine (C=N–C) groups is 1. The Kier molecular flexibility index (Phi) is 2.68. The lowest BCUT2D eigenvalue weighted by Crippen LogP contribution is -2.43. The maximum Gasteiger partial charge on any atom is 0.276 e. The van der Waals surface area contributed by atoms with E-state index in [1.54, 1.807) is 12.1 Å². The van der Waals surface area contributed by atoms with Crippen molar-refractivity contribution >= 4 is 23.2 Å². The van der Waals surface area contributed by atoms with Crippen LogP contribution in [0, 0.1) is 0 Å². The van der Waals surface area contributed by atoms with Gasteiger partial charge in [0, 0.05) is 5.02 Å². The van der Waals surface area contributed by atoms with Gasteiger partial charge in [-0.25, -0.2) is 4.99 Å². The minimum absolute atomic E-state index is 0.227. The molecule has 2 aliphatic rings. The molecular formula is C12H10ClN3O2. The van der Waals surface area contributed by atoms with Crippen molar-refractivity contribution in [2.75, 3.05) is 13.3 Å². The van der Waals surface area contributed by atoms with Gasteiger partial charge in [0.2, 0.25) is 5.88 Å². The number of nitrogens with zero attached hydrogens (tertiary/aromatic N) is 1. The molecule has 1 aromatic rings. The summed E-state index contributed by atoms with van der Waals surface area (Å²) in [5.41, 5.74) is 1.89. The molecule has 2 aliphatic heterocycles. The molecule has 0 spiro atoms. The molecule has 0 aliphatic carbocycles. The molecule has 0 unspecified atom stereocenters. The summed E-state index contributed by atoms with van der Waals surface area (Å²) in [6.07, 6.45) is 0.